The minimum absolute atomic E-state index is 0.112. The first kappa shape index (κ1) is 22.6. The number of rotatable bonds is 7. The van der Waals surface area contributed by atoms with E-state index in [1.165, 1.54) is 20.3 Å². The first-order chi connectivity index (χ1) is 16.0. The van der Waals surface area contributed by atoms with Gasteiger partial charge in [-0.2, -0.15) is 0 Å². The molecule has 0 spiro atoms. The van der Waals surface area contributed by atoms with Crippen molar-refractivity contribution >= 4 is 16.7 Å². The van der Waals surface area contributed by atoms with Gasteiger partial charge in [-0.05, 0) is 37.8 Å². The third-order valence-corrected chi connectivity index (χ3v) is 5.81. The average molecular weight is 456 g/mol. The number of methoxy groups -OCH3 is 2. The van der Waals surface area contributed by atoms with Crippen LogP contribution in [0.2, 0.25) is 0 Å². The Morgan fingerprint density at radius 2 is 1.67 bits per heavy atom. The first-order valence-electron chi connectivity index (χ1n) is 11.1. The van der Waals surface area contributed by atoms with Gasteiger partial charge in [0, 0.05) is 30.8 Å². The van der Waals surface area contributed by atoms with E-state index in [-0.39, 0.29) is 39.4 Å². The monoisotopic (exact) mass is 455 g/mol. The van der Waals surface area contributed by atoms with Crippen molar-refractivity contribution in [3.05, 3.63) is 34.5 Å². The molecule has 1 aliphatic rings. The lowest BCUT2D eigenvalue weighted by molar-refractivity contribution is 0.315. The maximum absolute atomic E-state index is 13.7. The van der Waals surface area contributed by atoms with Gasteiger partial charge in [0.15, 0.2) is 17.3 Å². The van der Waals surface area contributed by atoms with Crippen molar-refractivity contribution in [3.8, 4) is 40.1 Å². The highest BCUT2D eigenvalue weighted by molar-refractivity contribution is 5.91. The lowest BCUT2D eigenvalue weighted by atomic mass is 10.0. The number of phenols is 2. The number of ether oxygens (including phenoxy) is 3. The van der Waals surface area contributed by atoms with Crippen LogP contribution in [0.5, 0.6) is 28.7 Å². The first-order valence-corrected chi connectivity index (χ1v) is 11.1. The van der Waals surface area contributed by atoms with Gasteiger partial charge in [-0.1, -0.05) is 6.92 Å². The molecular formula is C25H29NO7. The minimum atomic E-state index is -0.321. The minimum Gasteiger partial charge on any atom is -0.507 e. The number of benzene rings is 2. The van der Waals surface area contributed by atoms with E-state index < -0.39 is 0 Å². The van der Waals surface area contributed by atoms with Crippen LogP contribution in [0.25, 0.3) is 22.3 Å². The average Bonchev–Trinajstić information content (AvgIpc) is 2.83. The largest absolute Gasteiger partial charge is 0.507 e. The highest BCUT2D eigenvalue weighted by Crippen LogP contribution is 2.43. The second-order valence-corrected chi connectivity index (χ2v) is 8.05. The van der Waals surface area contributed by atoms with Crippen LogP contribution in [0.15, 0.2) is 33.5 Å². The van der Waals surface area contributed by atoms with Crippen molar-refractivity contribution in [3.63, 3.8) is 0 Å². The van der Waals surface area contributed by atoms with E-state index >= 15 is 0 Å². The van der Waals surface area contributed by atoms with Gasteiger partial charge < -0.3 is 33.7 Å². The summed E-state index contributed by atoms with van der Waals surface area (Å²) in [6.07, 6.45) is 3.80. The van der Waals surface area contributed by atoms with Crippen molar-refractivity contribution in [2.75, 3.05) is 38.8 Å². The lowest BCUT2D eigenvalue weighted by Gasteiger charge is -2.29. The summed E-state index contributed by atoms with van der Waals surface area (Å²) in [5.74, 6) is 0.803. The zero-order valence-corrected chi connectivity index (χ0v) is 19.1. The number of aromatic hydroxyl groups is 2. The van der Waals surface area contributed by atoms with Crippen LogP contribution in [0.4, 0.5) is 5.69 Å². The predicted molar refractivity (Wildman–Crippen MR) is 126 cm³/mol. The Morgan fingerprint density at radius 3 is 2.27 bits per heavy atom. The molecule has 1 aliphatic heterocycles. The second-order valence-electron chi connectivity index (χ2n) is 8.05. The molecule has 0 aliphatic carbocycles. The van der Waals surface area contributed by atoms with Crippen molar-refractivity contribution in [2.24, 2.45) is 0 Å². The number of phenolic OH excluding ortho intramolecular Hbond substituents is 2. The highest BCUT2D eigenvalue weighted by Gasteiger charge is 2.26. The van der Waals surface area contributed by atoms with E-state index in [9.17, 15) is 15.0 Å². The molecule has 1 fully saturated rings. The fraction of sp³-hybridized carbons (Fsp3) is 0.400. The summed E-state index contributed by atoms with van der Waals surface area (Å²) in [6.45, 7) is 3.86. The molecular weight excluding hydrogens is 426 g/mol. The maximum atomic E-state index is 13.7. The molecule has 2 N–H and O–H groups in total. The topological polar surface area (TPSA) is 102 Å². The Bertz CT molecular complexity index is 1190. The molecule has 0 unspecified atom stereocenters. The van der Waals surface area contributed by atoms with Crippen LogP contribution in [0.1, 0.15) is 32.6 Å². The number of piperidine rings is 1. The number of nitrogens with zero attached hydrogens (tertiary/aromatic N) is 1. The van der Waals surface area contributed by atoms with Gasteiger partial charge in [-0.15, -0.1) is 0 Å². The van der Waals surface area contributed by atoms with Crippen LogP contribution in [0, 0.1) is 0 Å². The SMILES string of the molecule is CCCOc1cc(O)c2c(=O)c(N3CCCCC3)c(-c3cc(OC)c(O)c(OC)c3)oc2c1. The Kier molecular flexibility index (Phi) is 6.53. The van der Waals surface area contributed by atoms with Crippen molar-refractivity contribution < 1.29 is 28.8 Å². The molecule has 4 rings (SSSR count). The standard InChI is InChI=1S/C25H29NO7/c1-4-10-32-16-13-17(27)21-18(14-16)33-25(22(24(21)29)26-8-6-5-7-9-26)15-11-19(30-2)23(28)20(12-15)31-3/h11-14,27-28H,4-10H2,1-3H3. The Balaban J connectivity index is 2.01. The quantitative estimate of drug-likeness (QED) is 0.530. The summed E-state index contributed by atoms with van der Waals surface area (Å²) in [6, 6.07) is 6.27. The molecule has 1 aromatic heterocycles. The molecule has 2 aromatic carbocycles. The van der Waals surface area contributed by atoms with Crippen LogP contribution in [-0.4, -0.2) is 44.1 Å². The third kappa shape index (κ3) is 4.25. The Morgan fingerprint density at radius 1 is 1.00 bits per heavy atom. The summed E-state index contributed by atoms with van der Waals surface area (Å²) in [5, 5.41) is 21.2. The fourth-order valence-electron chi connectivity index (χ4n) is 4.19. The molecule has 0 atom stereocenters. The van der Waals surface area contributed by atoms with E-state index in [4.69, 9.17) is 18.6 Å². The summed E-state index contributed by atoms with van der Waals surface area (Å²) >= 11 is 0. The highest BCUT2D eigenvalue weighted by atomic mass is 16.5. The molecule has 2 heterocycles. The van der Waals surface area contributed by atoms with E-state index in [0.717, 1.165) is 25.7 Å². The number of hydrogen-bond donors (Lipinski definition) is 2. The third-order valence-electron chi connectivity index (χ3n) is 5.81. The smallest absolute Gasteiger partial charge is 0.220 e. The fourth-order valence-corrected chi connectivity index (χ4v) is 4.19. The van der Waals surface area contributed by atoms with Crippen molar-refractivity contribution in [2.45, 2.75) is 32.6 Å². The number of hydrogen-bond acceptors (Lipinski definition) is 8. The number of fused-ring (bicyclic) bond motifs is 1. The Hall–Kier alpha value is -3.55. The second kappa shape index (κ2) is 9.52. The summed E-state index contributed by atoms with van der Waals surface area (Å²) in [4.78, 5) is 15.7. The van der Waals surface area contributed by atoms with E-state index in [0.29, 0.717) is 42.5 Å². The predicted octanol–water partition coefficient (Wildman–Crippen LogP) is 4.67. The molecule has 3 aromatic rings. The molecule has 1 saturated heterocycles. The van der Waals surface area contributed by atoms with Crippen LogP contribution >= 0.6 is 0 Å². The van der Waals surface area contributed by atoms with Crippen molar-refractivity contribution in [1.82, 2.24) is 0 Å². The molecule has 8 nitrogen and oxygen atoms in total. The van der Waals surface area contributed by atoms with E-state index in [1.54, 1.807) is 18.2 Å². The van der Waals surface area contributed by atoms with E-state index in [2.05, 4.69) is 0 Å². The van der Waals surface area contributed by atoms with Gasteiger partial charge in [-0.25, -0.2) is 0 Å². The van der Waals surface area contributed by atoms with Gasteiger partial charge in [0.1, 0.15) is 28.2 Å². The van der Waals surface area contributed by atoms with Crippen molar-refractivity contribution in [1.29, 1.82) is 0 Å². The molecule has 0 saturated carbocycles. The van der Waals surface area contributed by atoms with Gasteiger partial charge in [0.25, 0.3) is 0 Å². The summed E-state index contributed by atoms with van der Waals surface area (Å²) < 4.78 is 22.6. The van der Waals surface area contributed by atoms with Gasteiger partial charge in [-0.3, -0.25) is 4.79 Å². The molecule has 176 valence electrons. The maximum Gasteiger partial charge on any atom is 0.220 e. The van der Waals surface area contributed by atoms with Crippen LogP contribution in [0.3, 0.4) is 0 Å². The normalized spacial score (nSPS) is 13.8. The van der Waals surface area contributed by atoms with Gasteiger partial charge >= 0.3 is 0 Å². The summed E-state index contributed by atoms with van der Waals surface area (Å²) in [7, 11) is 2.88. The molecule has 8 heteroatoms. The van der Waals surface area contributed by atoms with E-state index in [1.807, 2.05) is 11.8 Å². The molecule has 0 bridgehead atoms. The Labute approximate surface area is 191 Å². The van der Waals surface area contributed by atoms with Crippen LogP contribution < -0.4 is 24.5 Å². The molecule has 0 radical (unpaired) electrons. The number of anilines is 1. The van der Waals surface area contributed by atoms with Crippen LogP contribution in [-0.2, 0) is 0 Å². The van der Waals surface area contributed by atoms with Gasteiger partial charge in [0.05, 0.1) is 20.8 Å². The zero-order chi connectivity index (χ0) is 23.5. The summed E-state index contributed by atoms with van der Waals surface area (Å²) in [5.41, 5.74) is 0.779. The molecule has 0 amide bonds. The van der Waals surface area contributed by atoms with Gasteiger partial charge in [0.2, 0.25) is 11.2 Å². The molecule has 33 heavy (non-hydrogen) atoms. The zero-order valence-electron chi connectivity index (χ0n) is 19.1. The lowest BCUT2D eigenvalue weighted by Crippen LogP contribution is -2.33.